The number of nitro benzene ring substituents is 1. The average molecular weight is 673 g/mol. The van der Waals surface area contributed by atoms with E-state index in [2.05, 4.69) is 19.9 Å². The maximum atomic E-state index is 11.2. The number of nitrogens with two attached hydrogens (primary N) is 1. The second kappa shape index (κ2) is 16.5. The lowest BCUT2D eigenvalue weighted by atomic mass is 10.1. The van der Waals surface area contributed by atoms with Crippen LogP contribution >= 0.6 is 0 Å². The molecule has 12 heteroatoms. The minimum Gasteiger partial charge on any atom is -0.497 e. The van der Waals surface area contributed by atoms with Gasteiger partial charge in [-0.15, -0.1) is 0 Å². The fraction of sp³-hybridized carbons (Fsp3) is 0.158. The molecule has 2 aromatic heterocycles. The number of nitrogen functional groups attached to an aromatic ring is 1. The van der Waals surface area contributed by atoms with Crippen molar-refractivity contribution in [1.29, 1.82) is 0 Å². The highest BCUT2D eigenvalue weighted by atomic mass is 16.6. The minimum absolute atomic E-state index is 0.0607. The van der Waals surface area contributed by atoms with Crippen LogP contribution in [0.25, 0.3) is 22.5 Å². The average Bonchev–Trinajstić information content (AvgIpc) is 3.15. The van der Waals surface area contributed by atoms with Crippen molar-refractivity contribution >= 4 is 11.4 Å². The summed E-state index contributed by atoms with van der Waals surface area (Å²) in [5.74, 6) is 2.51. The van der Waals surface area contributed by atoms with Gasteiger partial charge >= 0.3 is 5.69 Å². The van der Waals surface area contributed by atoms with Gasteiger partial charge in [-0.2, -0.15) is 0 Å². The highest BCUT2D eigenvalue weighted by Gasteiger charge is 2.16. The predicted molar refractivity (Wildman–Crippen MR) is 191 cm³/mol. The predicted octanol–water partition coefficient (Wildman–Crippen LogP) is 6.99. The maximum absolute atomic E-state index is 11.2. The number of nitro groups is 1. The SMILES string of the molecule is COc1ccc(-c2cc(Cc3ccc(OC)c(N)c3)ncn2)cc1.COc1ccc(-c2cc(Cc3ccc(OC)c([N+](=O)[O-])c3)ncn2)cc1. The molecule has 12 nitrogen and oxygen atoms in total. The molecule has 0 atom stereocenters. The highest BCUT2D eigenvalue weighted by Crippen LogP contribution is 2.29. The third-order valence-electron chi connectivity index (χ3n) is 7.72. The monoisotopic (exact) mass is 672 g/mol. The van der Waals surface area contributed by atoms with Crippen LogP contribution in [0.3, 0.4) is 0 Å². The van der Waals surface area contributed by atoms with Crippen molar-refractivity contribution < 1.29 is 23.9 Å². The van der Waals surface area contributed by atoms with Crippen molar-refractivity contribution in [2.24, 2.45) is 0 Å². The molecule has 6 rings (SSSR count). The largest absolute Gasteiger partial charge is 0.497 e. The van der Waals surface area contributed by atoms with Crippen LogP contribution in [0.2, 0.25) is 0 Å². The summed E-state index contributed by atoms with van der Waals surface area (Å²) in [6, 6.07) is 29.9. The van der Waals surface area contributed by atoms with Crippen molar-refractivity contribution in [2.45, 2.75) is 12.8 Å². The summed E-state index contributed by atoms with van der Waals surface area (Å²) < 4.78 is 20.6. The van der Waals surface area contributed by atoms with Gasteiger partial charge in [-0.05, 0) is 90.0 Å². The molecule has 4 aromatic carbocycles. The summed E-state index contributed by atoms with van der Waals surface area (Å²) in [7, 11) is 6.29. The van der Waals surface area contributed by atoms with Gasteiger partial charge < -0.3 is 24.7 Å². The first-order chi connectivity index (χ1) is 24.3. The van der Waals surface area contributed by atoms with E-state index >= 15 is 0 Å². The molecular weight excluding hydrogens is 636 g/mol. The highest BCUT2D eigenvalue weighted by molar-refractivity contribution is 5.61. The van der Waals surface area contributed by atoms with E-state index in [0.29, 0.717) is 24.3 Å². The van der Waals surface area contributed by atoms with E-state index in [9.17, 15) is 10.1 Å². The van der Waals surface area contributed by atoms with E-state index in [1.165, 1.54) is 19.5 Å². The van der Waals surface area contributed by atoms with Crippen LogP contribution < -0.4 is 24.7 Å². The summed E-state index contributed by atoms with van der Waals surface area (Å²) in [4.78, 5) is 28.0. The molecule has 0 aliphatic carbocycles. The van der Waals surface area contributed by atoms with Crippen LogP contribution in [-0.2, 0) is 12.8 Å². The Morgan fingerprint density at radius 1 is 0.580 bits per heavy atom. The fourth-order valence-corrected chi connectivity index (χ4v) is 5.13. The molecule has 0 radical (unpaired) electrons. The first-order valence-corrected chi connectivity index (χ1v) is 15.4. The molecule has 2 N–H and O–H groups in total. The van der Waals surface area contributed by atoms with Gasteiger partial charge in [0.25, 0.3) is 0 Å². The summed E-state index contributed by atoms with van der Waals surface area (Å²) in [5.41, 5.74) is 13.7. The number of methoxy groups -OCH3 is 4. The van der Waals surface area contributed by atoms with Gasteiger partial charge in [0.05, 0.1) is 50.4 Å². The smallest absolute Gasteiger partial charge is 0.311 e. The lowest BCUT2D eigenvalue weighted by Gasteiger charge is -2.08. The Bertz CT molecular complexity index is 2060. The van der Waals surface area contributed by atoms with E-state index < -0.39 is 4.92 Å². The van der Waals surface area contributed by atoms with Crippen molar-refractivity contribution in [3.05, 3.63) is 142 Å². The van der Waals surface area contributed by atoms with E-state index in [4.69, 9.17) is 24.7 Å². The zero-order valence-electron chi connectivity index (χ0n) is 28.1. The van der Waals surface area contributed by atoms with Crippen LogP contribution in [0.15, 0.2) is 110 Å². The molecule has 0 saturated heterocycles. The Hall–Kier alpha value is -6.56. The molecule has 0 bridgehead atoms. The number of ether oxygens (including phenoxy) is 4. The van der Waals surface area contributed by atoms with Crippen molar-refractivity contribution in [3.63, 3.8) is 0 Å². The zero-order valence-corrected chi connectivity index (χ0v) is 28.1. The van der Waals surface area contributed by atoms with Crippen LogP contribution in [0.5, 0.6) is 23.0 Å². The van der Waals surface area contributed by atoms with E-state index in [1.54, 1.807) is 39.8 Å². The third kappa shape index (κ3) is 8.86. The number of hydrogen-bond acceptors (Lipinski definition) is 11. The van der Waals surface area contributed by atoms with E-state index in [-0.39, 0.29) is 11.4 Å². The second-order valence-electron chi connectivity index (χ2n) is 10.9. The molecule has 0 amide bonds. The number of anilines is 1. The Morgan fingerprint density at radius 3 is 1.46 bits per heavy atom. The molecule has 0 saturated carbocycles. The molecular formula is C38H36N6O6. The normalized spacial score (nSPS) is 10.4. The number of benzene rings is 4. The van der Waals surface area contributed by atoms with Gasteiger partial charge in [-0.3, -0.25) is 10.1 Å². The van der Waals surface area contributed by atoms with Crippen molar-refractivity contribution in [3.8, 4) is 45.5 Å². The summed E-state index contributed by atoms with van der Waals surface area (Å²) in [6.45, 7) is 0. The van der Waals surface area contributed by atoms with Gasteiger partial charge in [-0.25, -0.2) is 19.9 Å². The summed E-state index contributed by atoms with van der Waals surface area (Å²) >= 11 is 0. The first-order valence-electron chi connectivity index (χ1n) is 15.4. The number of hydrogen-bond donors (Lipinski definition) is 1. The molecule has 0 aliphatic rings. The third-order valence-corrected chi connectivity index (χ3v) is 7.72. The molecule has 2 heterocycles. The topological polar surface area (TPSA) is 158 Å². The minimum atomic E-state index is -0.453. The van der Waals surface area contributed by atoms with Gasteiger partial charge in [-0.1, -0.05) is 12.1 Å². The van der Waals surface area contributed by atoms with Crippen LogP contribution in [0, 0.1) is 10.1 Å². The van der Waals surface area contributed by atoms with Crippen molar-refractivity contribution in [1.82, 2.24) is 19.9 Å². The van der Waals surface area contributed by atoms with E-state index in [0.717, 1.165) is 56.5 Å². The fourth-order valence-electron chi connectivity index (χ4n) is 5.13. The molecule has 0 unspecified atom stereocenters. The number of aromatic nitrogens is 4. The molecule has 0 spiro atoms. The summed E-state index contributed by atoms with van der Waals surface area (Å²) in [6.07, 6.45) is 4.21. The lowest BCUT2D eigenvalue weighted by molar-refractivity contribution is -0.385. The summed E-state index contributed by atoms with van der Waals surface area (Å²) in [5, 5.41) is 11.2. The van der Waals surface area contributed by atoms with E-state index in [1.807, 2.05) is 78.9 Å². The number of rotatable bonds is 11. The van der Waals surface area contributed by atoms with Crippen LogP contribution in [-0.4, -0.2) is 53.3 Å². The molecule has 0 aliphatic heterocycles. The molecule has 50 heavy (non-hydrogen) atoms. The Kier molecular flexibility index (Phi) is 11.5. The van der Waals surface area contributed by atoms with Crippen molar-refractivity contribution in [2.75, 3.05) is 34.2 Å². The first kappa shape index (κ1) is 34.8. The standard InChI is InChI=1S/C19H17N3O4.C19H19N3O2/c1-25-16-6-4-14(5-7-16)17-11-15(20-12-21-17)9-13-3-8-19(26-2)18(10-13)22(23)24;1-23-16-6-4-14(5-7-16)18-11-15(21-12-22-18)9-13-3-8-19(24-2)17(20)10-13/h3-8,10-12H,9H2,1-2H3;3-8,10-12H,9,20H2,1-2H3. The maximum Gasteiger partial charge on any atom is 0.311 e. The second-order valence-corrected chi connectivity index (χ2v) is 10.9. The molecule has 6 aromatic rings. The Balaban J connectivity index is 0.000000195. The Morgan fingerprint density at radius 2 is 1.04 bits per heavy atom. The zero-order chi connectivity index (χ0) is 35.5. The molecule has 0 fully saturated rings. The number of nitrogens with zero attached hydrogens (tertiary/aromatic N) is 5. The van der Waals surface area contributed by atoms with Gasteiger partial charge in [0.1, 0.15) is 29.9 Å². The molecule has 254 valence electrons. The van der Waals surface area contributed by atoms with Crippen LogP contribution in [0.1, 0.15) is 22.5 Å². The van der Waals surface area contributed by atoms with Gasteiger partial charge in [0.2, 0.25) is 0 Å². The quantitative estimate of drug-likeness (QED) is 0.0859. The Labute approximate surface area is 289 Å². The lowest BCUT2D eigenvalue weighted by Crippen LogP contribution is -1.98. The van der Waals surface area contributed by atoms with Gasteiger partial charge in [0.15, 0.2) is 5.75 Å². The van der Waals surface area contributed by atoms with Gasteiger partial charge in [0, 0.05) is 41.4 Å². The van der Waals surface area contributed by atoms with Crippen LogP contribution in [0.4, 0.5) is 11.4 Å².